The number of amides is 1. The fourth-order valence-corrected chi connectivity index (χ4v) is 4.53. The number of benzene rings is 1. The Kier molecular flexibility index (Phi) is 4.72. The molecule has 1 aliphatic rings. The van der Waals surface area contributed by atoms with Gasteiger partial charge in [-0.1, -0.05) is 18.2 Å². The van der Waals surface area contributed by atoms with Gasteiger partial charge in [-0.05, 0) is 17.7 Å². The first-order chi connectivity index (χ1) is 13.7. The zero-order valence-electron chi connectivity index (χ0n) is 15.7. The Hall–Kier alpha value is -2.69. The molecular weight excluding hydrogens is 412 g/mol. The first-order valence-corrected chi connectivity index (χ1v) is 11.5. The third-order valence-corrected chi connectivity index (χ3v) is 6.56. The molecular formula is C19H18N4O4S2. The van der Waals surface area contributed by atoms with Crippen LogP contribution < -0.4 is 0 Å². The molecule has 8 nitrogen and oxygen atoms in total. The zero-order valence-corrected chi connectivity index (χ0v) is 17.4. The number of hydrogen-bond acceptors (Lipinski definition) is 8. The van der Waals surface area contributed by atoms with E-state index in [1.165, 1.54) is 22.4 Å². The molecule has 4 rings (SSSR count). The van der Waals surface area contributed by atoms with Gasteiger partial charge >= 0.3 is 0 Å². The van der Waals surface area contributed by atoms with Gasteiger partial charge in [-0.2, -0.15) is 0 Å². The highest BCUT2D eigenvalue weighted by atomic mass is 32.2. The van der Waals surface area contributed by atoms with Crippen LogP contribution in [0.1, 0.15) is 12.0 Å². The Morgan fingerprint density at radius 3 is 2.69 bits per heavy atom. The monoisotopic (exact) mass is 430 g/mol. The molecule has 0 bridgehead atoms. The summed E-state index contributed by atoms with van der Waals surface area (Å²) in [7, 11) is -1.85. The first-order valence-electron chi connectivity index (χ1n) is 8.76. The van der Waals surface area contributed by atoms with E-state index in [-0.39, 0.29) is 11.1 Å². The number of carbonyl (C=O) groups is 1. The van der Waals surface area contributed by atoms with Crippen LogP contribution in [0, 0.1) is 0 Å². The molecule has 0 unspecified atom stereocenters. The van der Waals surface area contributed by atoms with E-state index in [1.807, 2.05) is 11.4 Å². The zero-order chi connectivity index (χ0) is 20.8. The summed E-state index contributed by atoms with van der Waals surface area (Å²) in [6.45, 7) is 0.497. The lowest BCUT2D eigenvalue weighted by atomic mass is 9.90. The molecule has 0 spiro atoms. The lowest BCUT2D eigenvalue weighted by Crippen LogP contribution is -2.36. The molecule has 0 radical (unpaired) electrons. The quantitative estimate of drug-likeness (QED) is 0.627. The van der Waals surface area contributed by atoms with Crippen molar-refractivity contribution in [3.8, 4) is 22.0 Å². The molecule has 1 aromatic carbocycles. The number of rotatable bonds is 4. The molecule has 1 atom stereocenters. The minimum absolute atomic E-state index is 0.250. The molecule has 1 fully saturated rings. The highest BCUT2D eigenvalue weighted by Crippen LogP contribution is 2.35. The van der Waals surface area contributed by atoms with Crippen molar-refractivity contribution in [1.29, 1.82) is 0 Å². The second-order valence-corrected chi connectivity index (χ2v) is 9.72. The van der Waals surface area contributed by atoms with Crippen LogP contribution in [0.2, 0.25) is 0 Å². The second kappa shape index (κ2) is 6.97. The molecule has 29 heavy (non-hydrogen) atoms. The normalized spacial score (nSPS) is 19.7. The van der Waals surface area contributed by atoms with E-state index >= 15 is 0 Å². The van der Waals surface area contributed by atoms with E-state index in [0.717, 1.165) is 11.8 Å². The van der Waals surface area contributed by atoms with Crippen molar-refractivity contribution in [2.75, 3.05) is 19.8 Å². The number of likely N-dealkylation sites (N-methyl/N-ethyl adjacent to an activating group) is 1. The largest absolute Gasteiger partial charge is 0.375 e. The molecule has 1 saturated heterocycles. The maximum atomic E-state index is 12.4. The number of likely N-dealkylation sites (tertiary alicyclic amines) is 1. The van der Waals surface area contributed by atoms with Crippen LogP contribution in [0.4, 0.5) is 0 Å². The summed E-state index contributed by atoms with van der Waals surface area (Å²) in [5.74, 6) is -0.317. The second-order valence-electron chi connectivity index (χ2n) is 6.95. The van der Waals surface area contributed by atoms with Crippen LogP contribution >= 0.6 is 11.3 Å². The van der Waals surface area contributed by atoms with Gasteiger partial charge < -0.3 is 10.0 Å². The smallest absolute Gasteiger partial charge is 0.258 e. The summed E-state index contributed by atoms with van der Waals surface area (Å²) in [6.07, 6.45) is 2.78. The standard InChI is InChI=1S/C19H18N4O4S2/c1-23-9-7-19(25,17(23)24)13-5-3-4-12(10-13)15-11-28-16(21-15)14-6-8-20-18(22-14)29(2,26)27/h3-6,8,10-11,25H,7,9H2,1-2H3/t19-/m1/s1. The van der Waals surface area contributed by atoms with Crippen LogP contribution in [0.3, 0.4) is 0 Å². The Balaban J connectivity index is 1.69. The van der Waals surface area contributed by atoms with Crippen molar-refractivity contribution in [3.63, 3.8) is 0 Å². The molecule has 150 valence electrons. The summed E-state index contributed by atoms with van der Waals surface area (Å²) in [4.78, 5) is 26.3. The van der Waals surface area contributed by atoms with Crippen LogP contribution in [0.25, 0.3) is 22.0 Å². The van der Waals surface area contributed by atoms with E-state index in [0.29, 0.717) is 34.9 Å². The number of sulfone groups is 1. The van der Waals surface area contributed by atoms with Crippen LogP contribution in [0.5, 0.6) is 0 Å². The van der Waals surface area contributed by atoms with E-state index in [9.17, 15) is 18.3 Å². The third kappa shape index (κ3) is 3.54. The predicted octanol–water partition coefficient (Wildman–Crippen LogP) is 1.72. The van der Waals surface area contributed by atoms with Gasteiger partial charge in [0.25, 0.3) is 5.91 Å². The fraction of sp³-hybridized carbons (Fsp3) is 0.263. The summed E-state index contributed by atoms with van der Waals surface area (Å²) in [5.41, 5.74) is 0.812. The Bertz CT molecular complexity index is 1210. The fourth-order valence-electron chi connectivity index (χ4n) is 3.22. The van der Waals surface area contributed by atoms with Gasteiger partial charge in [0.2, 0.25) is 15.0 Å². The SMILES string of the molecule is CN1CC[C@@](O)(c2cccc(-c3csc(-c4ccnc(S(C)(=O)=O)n4)n3)c2)C1=O. The van der Waals surface area contributed by atoms with Gasteiger partial charge in [-0.15, -0.1) is 11.3 Å². The van der Waals surface area contributed by atoms with E-state index in [4.69, 9.17) is 0 Å². The van der Waals surface area contributed by atoms with E-state index in [1.54, 1.807) is 31.3 Å². The van der Waals surface area contributed by atoms with Crippen molar-refractivity contribution in [2.24, 2.45) is 0 Å². The summed E-state index contributed by atoms with van der Waals surface area (Å²) >= 11 is 1.32. The topological polar surface area (TPSA) is 113 Å². The molecule has 0 saturated carbocycles. The molecule has 1 amide bonds. The van der Waals surface area contributed by atoms with Gasteiger partial charge in [-0.25, -0.2) is 23.4 Å². The summed E-state index contributed by atoms with van der Waals surface area (Å²) < 4.78 is 23.4. The summed E-state index contributed by atoms with van der Waals surface area (Å²) in [5, 5.41) is 13.0. The van der Waals surface area contributed by atoms with Gasteiger partial charge in [0.05, 0.1) is 5.69 Å². The Morgan fingerprint density at radius 2 is 2.00 bits per heavy atom. The van der Waals surface area contributed by atoms with Crippen molar-refractivity contribution >= 4 is 27.1 Å². The van der Waals surface area contributed by atoms with E-state index < -0.39 is 15.4 Å². The van der Waals surface area contributed by atoms with Gasteiger partial charge in [0.15, 0.2) is 5.60 Å². The minimum atomic E-state index is -3.52. The molecule has 0 aliphatic carbocycles. The molecule has 1 N–H and O–H groups in total. The highest BCUT2D eigenvalue weighted by Gasteiger charge is 2.45. The predicted molar refractivity (Wildman–Crippen MR) is 108 cm³/mol. The average molecular weight is 431 g/mol. The van der Waals surface area contributed by atoms with Gasteiger partial charge in [0.1, 0.15) is 10.7 Å². The van der Waals surface area contributed by atoms with Crippen LogP contribution in [0.15, 0.2) is 47.1 Å². The molecule has 2 aromatic heterocycles. The highest BCUT2D eigenvalue weighted by molar-refractivity contribution is 7.90. The van der Waals surface area contributed by atoms with Crippen molar-refractivity contribution in [1.82, 2.24) is 19.9 Å². The van der Waals surface area contributed by atoms with E-state index in [2.05, 4.69) is 15.0 Å². The minimum Gasteiger partial charge on any atom is -0.375 e. The van der Waals surface area contributed by atoms with Crippen molar-refractivity contribution in [3.05, 3.63) is 47.5 Å². The van der Waals surface area contributed by atoms with Crippen molar-refractivity contribution < 1.29 is 18.3 Å². The Morgan fingerprint density at radius 1 is 1.21 bits per heavy atom. The van der Waals surface area contributed by atoms with Crippen LogP contribution in [-0.2, 0) is 20.2 Å². The molecule has 3 heterocycles. The third-order valence-electron chi connectivity index (χ3n) is 4.83. The number of aromatic nitrogens is 3. The van der Waals surface area contributed by atoms with Gasteiger partial charge in [0, 0.05) is 43.4 Å². The number of thiazole rings is 1. The number of hydrogen-bond donors (Lipinski definition) is 1. The lowest BCUT2D eigenvalue weighted by molar-refractivity contribution is -0.143. The van der Waals surface area contributed by atoms with Gasteiger partial charge in [-0.3, -0.25) is 4.79 Å². The number of carbonyl (C=O) groups excluding carboxylic acids is 1. The molecule has 10 heteroatoms. The Labute approximate surface area is 171 Å². The van der Waals surface area contributed by atoms with Crippen LogP contribution in [-0.4, -0.2) is 59.1 Å². The number of nitrogens with zero attached hydrogens (tertiary/aromatic N) is 4. The maximum absolute atomic E-state index is 12.4. The maximum Gasteiger partial charge on any atom is 0.258 e. The summed E-state index contributed by atoms with van der Waals surface area (Å²) in [6, 6.07) is 8.72. The lowest BCUT2D eigenvalue weighted by Gasteiger charge is -2.21. The molecule has 3 aromatic rings. The van der Waals surface area contributed by atoms with Crippen molar-refractivity contribution in [2.45, 2.75) is 17.2 Å². The molecule has 1 aliphatic heterocycles. The first kappa shape index (κ1) is 19.6. The average Bonchev–Trinajstić information content (AvgIpc) is 3.30. The number of aliphatic hydroxyl groups is 1.